The molecule has 1 unspecified atom stereocenters. The van der Waals surface area contributed by atoms with Gasteiger partial charge in [0.2, 0.25) is 11.4 Å². The number of carbonyl (C=O) groups is 5. The monoisotopic (exact) mass is 677 g/mol. The Morgan fingerprint density at radius 2 is 1.96 bits per heavy atom. The highest BCUT2D eigenvalue weighted by molar-refractivity contribution is 8.00. The number of nitro groups is 1. The van der Waals surface area contributed by atoms with Crippen molar-refractivity contribution in [2.24, 2.45) is 5.16 Å². The maximum atomic E-state index is 13.3. The SMILES string of the molecule is Nc1nc(/C(=N/OC2(C(=O)O)CCC2)C(=O)NC2C(=O)N3C(C(=O)O)=C(CNC(=O)c4cc(O)c(O)c([N+](=O)[O-])c4)CS[C@H]23)cs1. The van der Waals surface area contributed by atoms with Gasteiger partial charge in [-0.15, -0.1) is 23.1 Å². The number of aliphatic carboxylic acids is 2. The Bertz CT molecular complexity index is 1750. The number of hydrogen-bond donors (Lipinski definition) is 7. The molecule has 1 aromatic carbocycles. The molecule has 3 heterocycles. The number of nitrogens with one attached hydrogen (secondary N) is 2. The number of rotatable bonds is 11. The summed E-state index contributed by atoms with van der Waals surface area (Å²) in [5, 5.41) is 59.2. The molecule has 242 valence electrons. The number of hydrogen-bond acceptors (Lipinski definition) is 15. The number of carboxylic acid groups (broad SMARTS) is 2. The molecular weight excluding hydrogens is 654 g/mol. The highest BCUT2D eigenvalue weighted by Crippen LogP contribution is 2.41. The van der Waals surface area contributed by atoms with E-state index in [-0.39, 0.29) is 35.0 Å². The Hall–Kier alpha value is -5.44. The fourth-order valence-electron chi connectivity index (χ4n) is 4.77. The van der Waals surface area contributed by atoms with E-state index in [0.717, 1.165) is 40.1 Å². The molecule has 2 aliphatic heterocycles. The second-order valence-electron chi connectivity index (χ2n) is 10.2. The molecule has 1 saturated carbocycles. The first kappa shape index (κ1) is 32.0. The zero-order valence-electron chi connectivity index (χ0n) is 23.2. The number of nitrogens with zero attached hydrogens (tertiary/aromatic N) is 4. The van der Waals surface area contributed by atoms with Crippen LogP contribution in [0.5, 0.6) is 11.5 Å². The maximum absolute atomic E-state index is 13.3. The molecule has 21 heteroatoms. The molecule has 0 radical (unpaired) electrons. The predicted molar refractivity (Wildman–Crippen MR) is 157 cm³/mol. The number of aromatic hydroxyl groups is 2. The Balaban J connectivity index is 1.31. The molecular formula is C25H23N7O12S2. The van der Waals surface area contributed by atoms with E-state index in [4.69, 9.17) is 10.6 Å². The zero-order chi connectivity index (χ0) is 33.5. The molecule has 19 nitrogen and oxygen atoms in total. The van der Waals surface area contributed by atoms with Crippen LogP contribution in [0.25, 0.3) is 0 Å². The molecule has 5 rings (SSSR count). The van der Waals surface area contributed by atoms with Gasteiger partial charge in [0.1, 0.15) is 22.8 Å². The fourth-order valence-corrected chi connectivity index (χ4v) is 6.66. The molecule has 8 N–H and O–H groups in total. The average Bonchev–Trinajstić information content (AvgIpc) is 3.41. The van der Waals surface area contributed by atoms with Crippen molar-refractivity contribution in [3.05, 3.63) is 50.2 Å². The van der Waals surface area contributed by atoms with Crippen LogP contribution in [0.4, 0.5) is 10.8 Å². The van der Waals surface area contributed by atoms with E-state index in [9.17, 15) is 54.5 Å². The van der Waals surface area contributed by atoms with Crippen molar-refractivity contribution in [2.45, 2.75) is 36.3 Å². The van der Waals surface area contributed by atoms with Crippen LogP contribution in [0.1, 0.15) is 35.3 Å². The number of nitrogens with two attached hydrogens (primary N) is 1. The van der Waals surface area contributed by atoms with E-state index in [1.807, 2.05) is 0 Å². The first-order valence-corrected chi connectivity index (χ1v) is 15.1. The van der Waals surface area contributed by atoms with Gasteiger partial charge in [-0.2, -0.15) is 0 Å². The maximum Gasteiger partial charge on any atom is 0.352 e. The quantitative estimate of drug-likeness (QED) is 0.0539. The van der Waals surface area contributed by atoms with Crippen LogP contribution in [0.3, 0.4) is 0 Å². The number of nitrogen functional groups attached to an aromatic ring is 1. The molecule has 0 bridgehead atoms. The van der Waals surface area contributed by atoms with Crippen molar-refractivity contribution >= 4 is 69.3 Å². The van der Waals surface area contributed by atoms with Gasteiger partial charge in [0.05, 0.1) is 10.5 Å². The summed E-state index contributed by atoms with van der Waals surface area (Å²) in [6.07, 6.45) is 0.907. The second-order valence-corrected chi connectivity index (χ2v) is 12.2. The third-order valence-corrected chi connectivity index (χ3v) is 9.38. The Morgan fingerprint density at radius 3 is 2.52 bits per heavy atom. The Labute approximate surface area is 264 Å². The van der Waals surface area contributed by atoms with Crippen molar-refractivity contribution in [1.82, 2.24) is 20.5 Å². The Kier molecular flexibility index (Phi) is 8.45. The van der Waals surface area contributed by atoms with Crippen molar-refractivity contribution < 1.29 is 54.2 Å². The molecule has 1 aliphatic carbocycles. The van der Waals surface area contributed by atoms with E-state index >= 15 is 0 Å². The largest absolute Gasteiger partial charge is 0.504 e. The Morgan fingerprint density at radius 1 is 1.24 bits per heavy atom. The molecule has 0 spiro atoms. The number of thiazole rings is 1. The molecule has 1 aromatic heterocycles. The van der Waals surface area contributed by atoms with Crippen LogP contribution in [0, 0.1) is 10.1 Å². The second kappa shape index (κ2) is 12.2. The summed E-state index contributed by atoms with van der Waals surface area (Å²) in [6.45, 7) is -0.402. The summed E-state index contributed by atoms with van der Waals surface area (Å²) < 4.78 is 0. The number of β-lactam (4-membered cyclic amide) rings is 1. The number of carboxylic acids is 2. The summed E-state index contributed by atoms with van der Waals surface area (Å²) in [5.74, 6) is -7.41. The number of amides is 3. The first-order chi connectivity index (χ1) is 21.7. The summed E-state index contributed by atoms with van der Waals surface area (Å²) in [5.41, 5.74) is 1.94. The van der Waals surface area contributed by atoms with Crippen LogP contribution in [0.15, 0.2) is 33.9 Å². The number of oxime groups is 1. The number of carbonyl (C=O) groups excluding carboxylic acids is 3. The van der Waals surface area contributed by atoms with Gasteiger partial charge in [0.25, 0.3) is 17.7 Å². The highest BCUT2D eigenvalue weighted by Gasteiger charge is 2.54. The zero-order valence-corrected chi connectivity index (χ0v) is 24.8. The summed E-state index contributed by atoms with van der Waals surface area (Å²) in [6, 6.07) is 0.297. The van der Waals surface area contributed by atoms with E-state index < -0.39 is 92.3 Å². The van der Waals surface area contributed by atoms with Crippen LogP contribution in [-0.2, 0) is 24.0 Å². The lowest BCUT2D eigenvalue weighted by molar-refractivity contribution is -0.386. The van der Waals surface area contributed by atoms with Crippen LogP contribution in [-0.4, -0.2) is 99.9 Å². The number of fused-ring (bicyclic) bond motifs is 1. The van der Waals surface area contributed by atoms with Crippen LogP contribution >= 0.6 is 23.1 Å². The smallest absolute Gasteiger partial charge is 0.352 e. The minimum absolute atomic E-state index is 0.0164. The summed E-state index contributed by atoms with van der Waals surface area (Å²) in [4.78, 5) is 83.3. The van der Waals surface area contributed by atoms with Crippen LogP contribution < -0.4 is 16.4 Å². The van der Waals surface area contributed by atoms with Gasteiger partial charge in [-0.25, -0.2) is 14.6 Å². The minimum Gasteiger partial charge on any atom is -0.504 e. The molecule has 46 heavy (non-hydrogen) atoms. The van der Waals surface area contributed by atoms with Gasteiger partial charge in [-0.3, -0.25) is 29.4 Å². The lowest BCUT2D eigenvalue weighted by Crippen LogP contribution is -2.71. The van der Waals surface area contributed by atoms with Gasteiger partial charge in [-0.1, -0.05) is 5.16 Å². The molecule has 1 saturated heterocycles. The fraction of sp³-hybridized carbons (Fsp3) is 0.320. The summed E-state index contributed by atoms with van der Waals surface area (Å²) >= 11 is 2.05. The average molecular weight is 678 g/mol. The van der Waals surface area contributed by atoms with E-state index in [2.05, 4.69) is 20.8 Å². The number of thioether (sulfide) groups is 1. The first-order valence-electron chi connectivity index (χ1n) is 13.1. The standard InChI is InChI=1S/C25H23N7O12S2/c26-24-28-11(8-46-24)14(30-44-25(23(40)41)2-1-3-25)19(36)29-15-20(37)31-16(22(38)39)10(7-45-21(15)31)6-27-18(35)9-4-12(32(42)43)17(34)13(33)5-9/h4-5,8,15,21,33-34H,1-3,6-7H2,(H2,26,28)(H,27,35)(H,29,36)(H,38,39)(H,40,41)/b30-14-/t15?,21-/m1/s1. The van der Waals surface area contributed by atoms with Crippen molar-refractivity contribution in [1.29, 1.82) is 0 Å². The van der Waals surface area contributed by atoms with Gasteiger partial charge < -0.3 is 41.6 Å². The molecule has 3 amide bonds. The minimum atomic E-state index is -1.61. The van der Waals surface area contributed by atoms with Gasteiger partial charge >= 0.3 is 17.6 Å². The van der Waals surface area contributed by atoms with E-state index in [0.29, 0.717) is 6.42 Å². The highest BCUT2D eigenvalue weighted by atomic mass is 32.2. The summed E-state index contributed by atoms with van der Waals surface area (Å²) in [7, 11) is 0. The number of nitro benzene ring substituents is 1. The molecule has 2 fully saturated rings. The third-order valence-electron chi connectivity index (χ3n) is 7.37. The lowest BCUT2D eigenvalue weighted by atomic mass is 9.80. The number of benzene rings is 1. The third kappa shape index (κ3) is 5.72. The topological polar surface area (TPSA) is 297 Å². The normalized spacial score (nSPS) is 20.1. The molecule has 2 atom stereocenters. The van der Waals surface area contributed by atoms with Gasteiger partial charge in [-0.05, 0) is 18.1 Å². The molecule has 2 aromatic rings. The van der Waals surface area contributed by atoms with Crippen LogP contribution in [0.2, 0.25) is 0 Å². The lowest BCUT2D eigenvalue weighted by Gasteiger charge is -2.49. The van der Waals surface area contributed by atoms with Gasteiger partial charge in [0, 0.05) is 36.6 Å². The van der Waals surface area contributed by atoms with Crippen molar-refractivity contribution in [3.8, 4) is 11.5 Å². The number of aromatic nitrogens is 1. The van der Waals surface area contributed by atoms with E-state index in [1.165, 1.54) is 5.38 Å². The van der Waals surface area contributed by atoms with E-state index in [1.54, 1.807) is 0 Å². The van der Waals surface area contributed by atoms with Crippen molar-refractivity contribution in [2.75, 3.05) is 18.0 Å². The molecule has 3 aliphatic rings. The number of phenolic OH excluding ortho intramolecular Hbond substituents is 2. The number of phenols is 2. The van der Waals surface area contributed by atoms with Crippen molar-refractivity contribution in [3.63, 3.8) is 0 Å². The van der Waals surface area contributed by atoms with Gasteiger partial charge in [0.15, 0.2) is 16.6 Å². The number of anilines is 1. The predicted octanol–water partition coefficient (Wildman–Crippen LogP) is -0.0587.